The molecule has 2 aromatic rings. The number of imide groups is 1. The van der Waals surface area contributed by atoms with Crippen LogP contribution in [0.3, 0.4) is 0 Å². The van der Waals surface area contributed by atoms with Crippen LogP contribution in [0.5, 0.6) is 5.75 Å². The quantitative estimate of drug-likeness (QED) is 0.724. The molecule has 2 aliphatic heterocycles. The molecule has 0 spiro atoms. The Kier molecular flexibility index (Phi) is 4.81. The first-order valence-corrected chi connectivity index (χ1v) is 9.48. The van der Waals surface area contributed by atoms with Gasteiger partial charge in [0.25, 0.3) is 11.8 Å². The van der Waals surface area contributed by atoms with Gasteiger partial charge in [0.15, 0.2) is 12.1 Å². The van der Waals surface area contributed by atoms with Crippen molar-refractivity contribution in [1.82, 2.24) is 5.01 Å². The second-order valence-electron chi connectivity index (χ2n) is 6.80. The van der Waals surface area contributed by atoms with Crippen LogP contribution in [0.4, 0.5) is 5.69 Å². The van der Waals surface area contributed by atoms with Gasteiger partial charge in [-0.05, 0) is 48.7 Å². The standard InChI is InChI=1S/C21H22N4O3/c1-3-14-5-7-15(8-6-14)13-24-19-18(22-23-24)20(26)25(21(19)27)16-9-11-17(12-10-16)28-4-2/h5-12,18-19H,3-4,13H2,1-2H3/t18-,19+/m0/s1. The van der Waals surface area contributed by atoms with E-state index in [4.69, 9.17) is 4.74 Å². The van der Waals surface area contributed by atoms with Crippen molar-refractivity contribution in [2.45, 2.75) is 38.9 Å². The minimum atomic E-state index is -0.783. The van der Waals surface area contributed by atoms with Crippen LogP contribution in [0, 0.1) is 0 Å². The predicted molar refractivity (Wildman–Crippen MR) is 104 cm³/mol. The van der Waals surface area contributed by atoms with E-state index >= 15 is 0 Å². The number of ether oxygens (including phenoxy) is 1. The number of carbonyl (C=O) groups excluding carboxylic acids is 2. The van der Waals surface area contributed by atoms with Gasteiger partial charge in [-0.15, -0.1) is 0 Å². The van der Waals surface area contributed by atoms with Crippen LogP contribution in [0.25, 0.3) is 0 Å². The van der Waals surface area contributed by atoms with E-state index in [-0.39, 0.29) is 11.8 Å². The van der Waals surface area contributed by atoms with E-state index < -0.39 is 12.1 Å². The summed E-state index contributed by atoms with van der Waals surface area (Å²) in [4.78, 5) is 27.0. The number of aryl methyl sites for hydroxylation is 1. The molecular weight excluding hydrogens is 356 g/mol. The SMILES string of the molecule is CCOc1ccc(N2C(=O)[C@H]3N=NN(Cc4ccc(CC)cc4)[C@H]3C2=O)cc1. The van der Waals surface area contributed by atoms with Crippen LogP contribution in [-0.2, 0) is 22.6 Å². The lowest BCUT2D eigenvalue weighted by atomic mass is 10.1. The second-order valence-corrected chi connectivity index (χ2v) is 6.80. The zero-order valence-corrected chi connectivity index (χ0v) is 15.9. The van der Waals surface area contributed by atoms with Gasteiger partial charge in [-0.3, -0.25) is 14.6 Å². The summed E-state index contributed by atoms with van der Waals surface area (Å²) < 4.78 is 5.42. The van der Waals surface area contributed by atoms with Crippen molar-refractivity contribution in [2.75, 3.05) is 11.5 Å². The van der Waals surface area contributed by atoms with E-state index in [0.29, 0.717) is 24.6 Å². The lowest BCUT2D eigenvalue weighted by Gasteiger charge is -2.21. The van der Waals surface area contributed by atoms with E-state index in [0.717, 1.165) is 12.0 Å². The molecule has 0 saturated carbocycles. The number of nitrogens with zero attached hydrogens (tertiary/aromatic N) is 4. The van der Waals surface area contributed by atoms with Gasteiger partial charge in [0.05, 0.1) is 18.8 Å². The van der Waals surface area contributed by atoms with Crippen molar-refractivity contribution in [3.05, 3.63) is 59.7 Å². The first-order chi connectivity index (χ1) is 13.6. The van der Waals surface area contributed by atoms with E-state index in [9.17, 15) is 9.59 Å². The van der Waals surface area contributed by atoms with Crippen molar-refractivity contribution >= 4 is 17.5 Å². The minimum Gasteiger partial charge on any atom is -0.494 e. The van der Waals surface area contributed by atoms with Gasteiger partial charge in [-0.1, -0.05) is 36.4 Å². The van der Waals surface area contributed by atoms with Gasteiger partial charge < -0.3 is 4.74 Å². The van der Waals surface area contributed by atoms with E-state index in [1.54, 1.807) is 29.3 Å². The third-order valence-corrected chi connectivity index (χ3v) is 5.04. The van der Waals surface area contributed by atoms with Crippen molar-refractivity contribution in [3.8, 4) is 5.75 Å². The van der Waals surface area contributed by atoms with Gasteiger partial charge in [0.1, 0.15) is 5.75 Å². The summed E-state index contributed by atoms with van der Waals surface area (Å²) in [5.74, 6) is 0.0588. The molecule has 2 heterocycles. The fourth-order valence-corrected chi connectivity index (χ4v) is 3.53. The molecule has 0 radical (unpaired) electrons. The van der Waals surface area contributed by atoms with Crippen LogP contribution < -0.4 is 9.64 Å². The van der Waals surface area contributed by atoms with Gasteiger partial charge in [0.2, 0.25) is 0 Å². The second kappa shape index (κ2) is 7.42. The van der Waals surface area contributed by atoms with E-state index in [2.05, 4.69) is 29.4 Å². The molecule has 2 amide bonds. The van der Waals surface area contributed by atoms with Crippen molar-refractivity contribution in [2.24, 2.45) is 10.3 Å². The molecule has 7 heteroatoms. The molecule has 1 saturated heterocycles. The lowest BCUT2D eigenvalue weighted by Crippen LogP contribution is -2.39. The maximum Gasteiger partial charge on any atom is 0.263 e. The van der Waals surface area contributed by atoms with Gasteiger partial charge in [-0.2, -0.15) is 5.11 Å². The molecule has 2 atom stereocenters. The highest BCUT2D eigenvalue weighted by atomic mass is 16.5. The first-order valence-electron chi connectivity index (χ1n) is 9.48. The topological polar surface area (TPSA) is 74.6 Å². The Morgan fingerprint density at radius 2 is 1.61 bits per heavy atom. The summed E-state index contributed by atoms with van der Waals surface area (Å²) in [5, 5.41) is 9.78. The molecule has 0 bridgehead atoms. The smallest absolute Gasteiger partial charge is 0.263 e. The molecule has 0 aromatic heterocycles. The molecule has 0 unspecified atom stereocenters. The Morgan fingerprint density at radius 3 is 2.25 bits per heavy atom. The Balaban J connectivity index is 1.53. The fraction of sp³-hybridized carbons (Fsp3) is 0.333. The average Bonchev–Trinajstić information content (AvgIpc) is 3.23. The number of hydrogen-bond donors (Lipinski definition) is 0. The third kappa shape index (κ3) is 3.13. The van der Waals surface area contributed by atoms with Crippen molar-refractivity contribution in [1.29, 1.82) is 0 Å². The van der Waals surface area contributed by atoms with Crippen LogP contribution in [0.2, 0.25) is 0 Å². The summed E-state index contributed by atoms with van der Waals surface area (Å²) in [6, 6.07) is 13.6. The Bertz CT molecular complexity index is 908. The lowest BCUT2D eigenvalue weighted by molar-refractivity contribution is -0.123. The van der Waals surface area contributed by atoms with Crippen LogP contribution in [0.1, 0.15) is 25.0 Å². The third-order valence-electron chi connectivity index (χ3n) is 5.04. The summed E-state index contributed by atoms with van der Waals surface area (Å²) >= 11 is 0. The number of rotatable bonds is 6. The Morgan fingerprint density at radius 1 is 0.929 bits per heavy atom. The molecule has 144 valence electrons. The largest absolute Gasteiger partial charge is 0.494 e. The van der Waals surface area contributed by atoms with E-state index in [1.165, 1.54) is 10.5 Å². The van der Waals surface area contributed by atoms with Crippen molar-refractivity contribution < 1.29 is 14.3 Å². The number of benzene rings is 2. The van der Waals surface area contributed by atoms with Crippen LogP contribution >= 0.6 is 0 Å². The molecule has 4 rings (SSSR count). The maximum atomic E-state index is 13.0. The number of fused-ring (bicyclic) bond motifs is 1. The summed E-state index contributed by atoms with van der Waals surface area (Å²) in [5.41, 5.74) is 2.80. The number of anilines is 1. The zero-order valence-electron chi connectivity index (χ0n) is 15.9. The Labute approximate surface area is 163 Å². The summed E-state index contributed by atoms with van der Waals surface area (Å²) in [7, 11) is 0. The molecular formula is C21H22N4O3. The van der Waals surface area contributed by atoms with E-state index in [1.807, 2.05) is 19.1 Å². The Hall–Kier alpha value is -3.22. The number of hydrogen-bond acceptors (Lipinski definition) is 6. The van der Waals surface area contributed by atoms with Crippen LogP contribution in [-0.4, -0.2) is 35.5 Å². The van der Waals surface area contributed by atoms with Gasteiger partial charge in [-0.25, -0.2) is 4.90 Å². The average molecular weight is 378 g/mol. The van der Waals surface area contributed by atoms with Gasteiger partial charge in [0, 0.05) is 0 Å². The zero-order chi connectivity index (χ0) is 19.7. The fourth-order valence-electron chi connectivity index (χ4n) is 3.53. The van der Waals surface area contributed by atoms with Gasteiger partial charge >= 0.3 is 0 Å². The molecule has 2 aliphatic rings. The number of amides is 2. The van der Waals surface area contributed by atoms with Crippen LogP contribution in [0.15, 0.2) is 58.9 Å². The maximum absolute atomic E-state index is 13.0. The highest BCUT2D eigenvalue weighted by Gasteiger charge is 2.54. The monoisotopic (exact) mass is 378 g/mol. The molecule has 0 N–H and O–H groups in total. The van der Waals surface area contributed by atoms with Crippen molar-refractivity contribution in [3.63, 3.8) is 0 Å². The number of carbonyl (C=O) groups is 2. The molecule has 2 aromatic carbocycles. The molecule has 7 nitrogen and oxygen atoms in total. The molecule has 28 heavy (non-hydrogen) atoms. The minimum absolute atomic E-state index is 0.297. The predicted octanol–water partition coefficient (Wildman–Crippen LogP) is 3.14. The summed E-state index contributed by atoms with van der Waals surface area (Å²) in [6.07, 6.45) is 0.971. The highest BCUT2D eigenvalue weighted by molar-refractivity contribution is 6.25. The normalized spacial score (nSPS) is 20.8. The molecule has 1 fully saturated rings. The summed E-state index contributed by atoms with van der Waals surface area (Å²) in [6.45, 7) is 5.00. The molecule has 0 aliphatic carbocycles. The highest BCUT2D eigenvalue weighted by Crippen LogP contribution is 2.33. The first kappa shape index (κ1) is 18.2.